The lowest BCUT2D eigenvalue weighted by Crippen LogP contribution is -2.63. The lowest BCUT2D eigenvalue weighted by Gasteiger charge is -2.31. The molecule has 0 saturated heterocycles. The zero-order chi connectivity index (χ0) is 15.2. The SMILES string of the molecule is O=S(=O)(OF)C(F)(F)C(F)(F)C(F)(F)C(F)(F)F. The minimum absolute atomic E-state index is 1.34. The van der Waals surface area contributed by atoms with Gasteiger partial charge in [0.25, 0.3) is 0 Å². The lowest BCUT2D eigenvalue weighted by molar-refractivity contribution is -0.383. The van der Waals surface area contributed by atoms with Gasteiger partial charge in [0.1, 0.15) is 0 Å². The third-order valence-electron chi connectivity index (χ3n) is 1.51. The summed E-state index contributed by atoms with van der Waals surface area (Å²) in [7, 11) is -7.33. The number of rotatable bonds is 4. The monoisotopic (exact) mass is 318 g/mol. The molecule has 0 aromatic rings. The van der Waals surface area contributed by atoms with Crippen molar-refractivity contribution < 1.29 is 56.8 Å². The molecule has 18 heavy (non-hydrogen) atoms. The zero-order valence-corrected chi connectivity index (χ0v) is 8.23. The van der Waals surface area contributed by atoms with Crippen LogP contribution in [0.15, 0.2) is 0 Å². The largest absolute Gasteiger partial charge is 0.460 e. The maximum atomic E-state index is 12.3. The molecule has 0 aromatic heterocycles. The molecule has 0 spiro atoms. The molecule has 0 rings (SSSR count). The summed E-state index contributed by atoms with van der Waals surface area (Å²) < 4.78 is 140. The first-order valence-electron chi connectivity index (χ1n) is 3.31. The van der Waals surface area contributed by atoms with Gasteiger partial charge in [-0.25, -0.2) is 0 Å². The molecule has 0 bridgehead atoms. The van der Waals surface area contributed by atoms with Gasteiger partial charge in [-0.05, 0) is 4.53 Å². The van der Waals surface area contributed by atoms with Gasteiger partial charge in [0.15, 0.2) is 0 Å². The van der Waals surface area contributed by atoms with Crippen molar-refractivity contribution in [2.75, 3.05) is 0 Å². The highest BCUT2D eigenvalue weighted by Gasteiger charge is 2.86. The van der Waals surface area contributed by atoms with Gasteiger partial charge in [-0.2, -0.15) is 47.9 Å². The van der Waals surface area contributed by atoms with Crippen molar-refractivity contribution in [2.24, 2.45) is 0 Å². The van der Waals surface area contributed by atoms with E-state index >= 15 is 0 Å². The van der Waals surface area contributed by atoms with Gasteiger partial charge in [0, 0.05) is 0 Å². The normalized spacial score (nSPS) is 15.9. The van der Waals surface area contributed by atoms with Crippen LogP contribution in [-0.2, 0) is 14.5 Å². The molecular weight excluding hydrogens is 318 g/mol. The summed E-state index contributed by atoms with van der Waals surface area (Å²) in [6, 6.07) is 0. The van der Waals surface area contributed by atoms with E-state index in [0.29, 0.717) is 0 Å². The van der Waals surface area contributed by atoms with Gasteiger partial charge in [0.05, 0.1) is 0 Å². The highest BCUT2D eigenvalue weighted by molar-refractivity contribution is 7.87. The second-order valence-corrected chi connectivity index (χ2v) is 4.23. The van der Waals surface area contributed by atoms with Gasteiger partial charge in [-0.3, -0.25) is 0 Å². The Morgan fingerprint density at radius 1 is 0.722 bits per heavy atom. The van der Waals surface area contributed by atoms with Crippen molar-refractivity contribution in [3.8, 4) is 0 Å². The molecule has 0 aliphatic rings. The van der Waals surface area contributed by atoms with Crippen LogP contribution in [0.1, 0.15) is 0 Å². The maximum Gasteiger partial charge on any atom is 0.460 e. The quantitative estimate of drug-likeness (QED) is 0.749. The summed E-state index contributed by atoms with van der Waals surface area (Å²) in [6.07, 6.45) is -7.20. The highest BCUT2D eigenvalue weighted by atomic mass is 32.2. The van der Waals surface area contributed by atoms with Crippen molar-refractivity contribution in [3.63, 3.8) is 0 Å². The van der Waals surface area contributed by atoms with E-state index in [1.165, 1.54) is 4.39 Å². The second kappa shape index (κ2) is 4.11. The fourth-order valence-electron chi connectivity index (χ4n) is 0.557. The van der Waals surface area contributed by atoms with Crippen LogP contribution < -0.4 is 0 Å². The molecule has 0 saturated carbocycles. The first kappa shape index (κ1) is 17.2. The maximum absolute atomic E-state index is 12.3. The third kappa shape index (κ3) is 2.10. The number of hydrogen-bond donors (Lipinski definition) is 0. The number of hydrogen-bond acceptors (Lipinski definition) is 3. The summed E-state index contributed by atoms with van der Waals surface area (Å²) in [5.41, 5.74) is 0. The number of halogens is 10. The molecule has 0 atom stereocenters. The molecule has 0 fully saturated rings. The minimum atomic E-state index is -7.48. The van der Waals surface area contributed by atoms with Crippen molar-refractivity contribution in [2.45, 2.75) is 23.3 Å². The molecule has 14 heteroatoms. The van der Waals surface area contributed by atoms with Crippen LogP contribution in [0.3, 0.4) is 0 Å². The van der Waals surface area contributed by atoms with Crippen molar-refractivity contribution >= 4 is 10.1 Å². The molecule has 110 valence electrons. The van der Waals surface area contributed by atoms with Crippen molar-refractivity contribution in [1.29, 1.82) is 0 Å². The second-order valence-electron chi connectivity index (χ2n) is 2.68. The smallest absolute Gasteiger partial charge is 0.191 e. The summed E-state index contributed by atoms with van der Waals surface area (Å²) >= 11 is 0. The van der Waals surface area contributed by atoms with Crippen LogP contribution in [0.4, 0.5) is 44.0 Å². The average molecular weight is 318 g/mol. The van der Waals surface area contributed by atoms with Gasteiger partial charge in [-0.15, -0.1) is 0 Å². The van der Waals surface area contributed by atoms with E-state index in [0.717, 1.165) is 0 Å². The van der Waals surface area contributed by atoms with Gasteiger partial charge in [-0.1, -0.05) is 4.39 Å². The van der Waals surface area contributed by atoms with E-state index in [1.54, 1.807) is 0 Å². The first-order chi connectivity index (χ1) is 7.56. The fraction of sp³-hybridized carbons (Fsp3) is 1.00. The summed E-state index contributed by atoms with van der Waals surface area (Å²) in [5, 5.41) is -7.15. The Labute approximate surface area is 91.3 Å². The molecule has 0 aliphatic heterocycles. The van der Waals surface area contributed by atoms with Crippen LogP contribution in [-0.4, -0.2) is 31.7 Å². The molecule has 0 N–H and O–H groups in total. The molecular formula is C4F10O3S. The van der Waals surface area contributed by atoms with E-state index in [4.69, 9.17) is 0 Å². The van der Waals surface area contributed by atoms with Crippen LogP contribution in [0.25, 0.3) is 0 Å². The zero-order valence-electron chi connectivity index (χ0n) is 7.41. The Morgan fingerprint density at radius 2 is 1.06 bits per heavy atom. The number of alkyl halides is 9. The fourth-order valence-corrected chi connectivity index (χ4v) is 1.08. The van der Waals surface area contributed by atoms with Gasteiger partial charge in [0.2, 0.25) is 0 Å². The lowest BCUT2D eigenvalue weighted by atomic mass is 10.1. The molecule has 0 heterocycles. The van der Waals surface area contributed by atoms with Gasteiger partial charge >= 0.3 is 33.4 Å². The first-order valence-corrected chi connectivity index (χ1v) is 4.72. The van der Waals surface area contributed by atoms with Crippen molar-refractivity contribution in [1.82, 2.24) is 0 Å². The van der Waals surface area contributed by atoms with E-state index in [-0.39, 0.29) is 0 Å². The molecule has 0 aliphatic carbocycles. The summed E-state index contributed by atoms with van der Waals surface area (Å²) in [4.78, 5) is 0. The van der Waals surface area contributed by atoms with E-state index in [1.807, 2.05) is 0 Å². The molecule has 0 aromatic carbocycles. The predicted octanol–water partition coefficient (Wildman–Crippen LogP) is 2.64. The predicted molar refractivity (Wildman–Crippen MR) is 32.0 cm³/mol. The van der Waals surface area contributed by atoms with E-state index < -0.39 is 33.4 Å². The van der Waals surface area contributed by atoms with Crippen LogP contribution in [0, 0.1) is 0 Å². The highest BCUT2D eigenvalue weighted by Crippen LogP contribution is 2.54. The topological polar surface area (TPSA) is 43.4 Å². The average Bonchev–Trinajstić information content (AvgIpc) is 2.15. The Bertz CT molecular complexity index is 407. The van der Waals surface area contributed by atoms with Gasteiger partial charge < -0.3 is 0 Å². The Morgan fingerprint density at radius 3 is 1.28 bits per heavy atom. The molecule has 0 amide bonds. The molecule has 0 radical (unpaired) electrons. The Balaban J connectivity index is 5.96. The van der Waals surface area contributed by atoms with E-state index in [9.17, 15) is 52.5 Å². The third-order valence-corrected chi connectivity index (χ3v) is 2.56. The molecule has 0 unspecified atom stereocenters. The van der Waals surface area contributed by atoms with Crippen LogP contribution in [0.2, 0.25) is 0 Å². The summed E-state index contributed by atoms with van der Waals surface area (Å²) in [5.74, 6) is -14.9. The Hall–Kier alpha value is -0.790. The minimum Gasteiger partial charge on any atom is -0.191 e. The standard InChI is InChI=1S/C4F10O3S/c5-1(6,3(9,10)11)2(7,8)4(12,13)18(15,16)17-14. The Kier molecular flexibility index (Phi) is 3.93. The van der Waals surface area contributed by atoms with E-state index in [2.05, 4.69) is 0 Å². The summed E-state index contributed by atoms with van der Waals surface area (Å²) in [6.45, 7) is 0. The van der Waals surface area contributed by atoms with Crippen molar-refractivity contribution in [3.05, 3.63) is 0 Å². The van der Waals surface area contributed by atoms with Crippen LogP contribution in [0.5, 0.6) is 0 Å². The molecule has 3 nitrogen and oxygen atoms in total. The van der Waals surface area contributed by atoms with Crippen LogP contribution >= 0.6 is 0 Å².